The minimum atomic E-state index is -1.10. The summed E-state index contributed by atoms with van der Waals surface area (Å²) in [6.45, 7) is 7.09. The lowest BCUT2D eigenvalue weighted by atomic mass is 10.1. The third kappa shape index (κ3) is 4.70. The number of hydrogen-bond donors (Lipinski definition) is 2. The van der Waals surface area contributed by atoms with E-state index in [0.29, 0.717) is 18.8 Å². The van der Waals surface area contributed by atoms with Crippen molar-refractivity contribution >= 4 is 11.6 Å². The topological polar surface area (TPSA) is 91.7 Å². The molecule has 2 aromatic rings. The van der Waals surface area contributed by atoms with Crippen LogP contribution in [-0.4, -0.2) is 66.5 Å². The van der Waals surface area contributed by atoms with E-state index in [0.717, 1.165) is 37.6 Å². The summed E-state index contributed by atoms with van der Waals surface area (Å²) < 4.78 is 17.7. The van der Waals surface area contributed by atoms with Gasteiger partial charge >= 0.3 is 0 Å². The van der Waals surface area contributed by atoms with Crippen molar-refractivity contribution in [2.24, 2.45) is 0 Å². The molecule has 2 unspecified atom stereocenters. The molecule has 4 rings (SSSR count). The zero-order valence-corrected chi connectivity index (χ0v) is 17.8. The van der Waals surface area contributed by atoms with Crippen molar-refractivity contribution in [1.82, 2.24) is 4.90 Å². The van der Waals surface area contributed by atoms with Gasteiger partial charge in [0.2, 0.25) is 5.91 Å². The van der Waals surface area contributed by atoms with Gasteiger partial charge in [-0.3, -0.25) is 4.79 Å². The van der Waals surface area contributed by atoms with E-state index in [4.69, 9.17) is 14.2 Å². The molecule has 8 nitrogen and oxygen atoms in total. The number of phenolic OH excluding ortho intramolecular Hbond substituents is 2. The molecular weight excluding hydrogens is 400 g/mol. The monoisotopic (exact) mass is 428 g/mol. The predicted molar refractivity (Wildman–Crippen MR) is 114 cm³/mol. The fourth-order valence-electron chi connectivity index (χ4n) is 3.99. The summed E-state index contributed by atoms with van der Waals surface area (Å²) in [5, 5.41) is 19.6. The highest BCUT2D eigenvalue weighted by Gasteiger charge is 2.41. The van der Waals surface area contributed by atoms with Crippen molar-refractivity contribution in [3.63, 3.8) is 0 Å². The van der Waals surface area contributed by atoms with Crippen LogP contribution < -0.4 is 9.64 Å². The molecule has 0 spiro atoms. The summed E-state index contributed by atoms with van der Waals surface area (Å²) in [6.07, 6.45) is -0.294. The van der Waals surface area contributed by atoms with Gasteiger partial charge in [0.25, 0.3) is 0 Å². The van der Waals surface area contributed by atoms with Crippen LogP contribution in [0, 0.1) is 0 Å². The fourth-order valence-corrected chi connectivity index (χ4v) is 3.99. The number of carbonyl (C=O) groups excluding carboxylic acids is 1. The highest BCUT2D eigenvalue weighted by atomic mass is 16.7. The summed E-state index contributed by atoms with van der Waals surface area (Å²) in [6, 6.07) is 12.2. The first-order chi connectivity index (χ1) is 14.8. The Labute approximate surface area is 181 Å². The molecule has 0 aromatic heterocycles. The van der Waals surface area contributed by atoms with Gasteiger partial charge in [0, 0.05) is 44.9 Å². The highest BCUT2D eigenvalue weighted by molar-refractivity contribution is 5.73. The predicted octanol–water partition coefficient (Wildman–Crippen LogP) is 2.43. The third-order valence-corrected chi connectivity index (χ3v) is 5.77. The van der Waals surface area contributed by atoms with Gasteiger partial charge in [-0.05, 0) is 43.3 Å². The van der Waals surface area contributed by atoms with Crippen molar-refractivity contribution < 1.29 is 29.2 Å². The third-order valence-electron chi connectivity index (χ3n) is 5.77. The summed E-state index contributed by atoms with van der Waals surface area (Å²) in [5.41, 5.74) is 1.56. The quantitative estimate of drug-likeness (QED) is 0.756. The molecule has 1 amide bonds. The number of carbonyl (C=O) groups is 1. The number of ether oxygens (including phenoxy) is 3. The molecule has 2 aliphatic heterocycles. The van der Waals surface area contributed by atoms with Crippen LogP contribution in [0.4, 0.5) is 5.69 Å². The van der Waals surface area contributed by atoms with Gasteiger partial charge in [0.05, 0.1) is 12.2 Å². The van der Waals surface area contributed by atoms with Crippen LogP contribution in [0.5, 0.6) is 17.2 Å². The molecule has 0 bridgehead atoms. The maximum atomic E-state index is 11.5. The van der Waals surface area contributed by atoms with Crippen LogP contribution in [0.15, 0.2) is 42.5 Å². The number of benzene rings is 2. The minimum Gasteiger partial charge on any atom is -0.508 e. The number of hydrogen-bond acceptors (Lipinski definition) is 7. The number of anilines is 1. The Balaban J connectivity index is 1.30. The molecule has 8 heteroatoms. The smallest absolute Gasteiger partial charge is 0.219 e. The summed E-state index contributed by atoms with van der Waals surface area (Å²) in [4.78, 5) is 15.6. The summed E-state index contributed by atoms with van der Waals surface area (Å²) >= 11 is 0. The van der Waals surface area contributed by atoms with Gasteiger partial charge < -0.3 is 34.2 Å². The van der Waals surface area contributed by atoms with Gasteiger partial charge in [-0.2, -0.15) is 0 Å². The van der Waals surface area contributed by atoms with E-state index in [1.807, 2.05) is 29.2 Å². The average Bonchev–Trinajstić information content (AvgIpc) is 3.14. The average molecular weight is 428 g/mol. The number of nitrogens with zero attached hydrogens (tertiary/aromatic N) is 2. The second-order valence-corrected chi connectivity index (χ2v) is 8.00. The molecule has 2 saturated heterocycles. The summed E-state index contributed by atoms with van der Waals surface area (Å²) in [7, 11) is 0. The van der Waals surface area contributed by atoms with Crippen molar-refractivity contribution in [3.8, 4) is 17.2 Å². The zero-order chi connectivity index (χ0) is 22.0. The largest absolute Gasteiger partial charge is 0.508 e. The summed E-state index contributed by atoms with van der Waals surface area (Å²) in [5.74, 6) is -0.345. The molecule has 2 aliphatic rings. The van der Waals surface area contributed by atoms with Crippen LogP contribution in [0.1, 0.15) is 19.4 Å². The van der Waals surface area contributed by atoms with Crippen LogP contribution in [0.25, 0.3) is 0 Å². The van der Waals surface area contributed by atoms with Crippen molar-refractivity contribution in [1.29, 1.82) is 0 Å². The Kier molecular flexibility index (Phi) is 5.93. The Morgan fingerprint density at radius 2 is 1.84 bits per heavy atom. The standard InChI is InChI=1S/C23H28N2O6/c1-16(26)24-9-11-25(12-10-24)17-3-6-19(7-4-17)29-14-20-15-30-23(2,31-20)21-8-5-18(27)13-22(21)28/h3-8,13,20,27-28H,9-12,14-15H2,1-2H3. The SMILES string of the molecule is CC(=O)N1CCN(c2ccc(OCC3COC(C)(c4ccc(O)cc4O)O3)cc2)CC1. The first-order valence-corrected chi connectivity index (χ1v) is 10.4. The van der Waals surface area contributed by atoms with Crippen molar-refractivity contribution in [2.45, 2.75) is 25.7 Å². The van der Waals surface area contributed by atoms with Gasteiger partial charge in [-0.25, -0.2) is 0 Å². The van der Waals surface area contributed by atoms with E-state index in [2.05, 4.69) is 4.90 Å². The molecule has 2 aromatic carbocycles. The second kappa shape index (κ2) is 8.64. The molecule has 0 aliphatic carbocycles. The van der Waals surface area contributed by atoms with Crippen LogP contribution >= 0.6 is 0 Å². The highest BCUT2D eigenvalue weighted by Crippen LogP contribution is 2.39. The molecule has 0 radical (unpaired) electrons. The Hall–Kier alpha value is -2.97. The van der Waals surface area contributed by atoms with Gasteiger partial charge in [0.1, 0.15) is 30.0 Å². The van der Waals surface area contributed by atoms with E-state index in [1.54, 1.807) is 19.9 Å². The van der Waals surface area contributed by atoms with Gasteiger partial charge in [-0.15, -0.1) is 0 Å². The zero-order valence-electron chi connectivity index (χ0n) is 17.8. The molecule has 2 heterocycles. The number of rotatable bonds is 5. The van der Waals surface area contributed by atoms with E-state index in [1.165, 1.54) is 12.1 Å². The molecular formula is C23H28N2O6. The van der Waals surface area contributed by atoms with E-state index in [9.17, 15) is 15.0 Å². The number of piperazine rings is 1. The first kappa shape index (κ1) is 21.3. The molecule has 2 atom stereocenters. The Bertz CT molecular complexity index is 926. The fraction of sp³-hybridized carbons (Fsp3) is 0.435. The maximum Gasteiger partial charge on any atom is 0.219 e. The first-order valence-electron chi connectivity index (χ1n) is 10.4. The minimum absolute atomic E-state index is 0.0214. The lowest BCUT2D eigenvalue weighted by Crippen LogP contribution is -2.48. The number of aromatic hydroxyl groups is 2. The van der Waals surface area contributed by atoms with E-state index in [-0.39, 0.29) is 23.5 Å². The van der Waals surface area contributed by atoms with Gasteiger partial charge in [0.15, 0.2) is 5.79 Å². The molecule has 166 valence electrons. The second-order valence-electron chi connectivity index (χ2n) is 8.00. The number of amides is 1. The van der Waals surface area contributed by atoms with E-state index >= 15 is 0 Å². The Morgan fingerprint density at radius 3 is 2.48 bits per heavy atom. The molecule has 31 heavy (non-hydrogen) atoms. The maximum absolute atomic E-state index is 11.5. The van der Waals surface area contributed by atoms with Crippen LogP contribution in [0.3, 0.4) is 0 Å². The molecule has 0 saturated carbocycles. The lowest BCUT2D eigenvalue weighted by Gasteiger charge is -2.35. The molecule has 2 fully saturated rings. The normalized spacial score (nSPS) is 23.7. The van der Waals surface area contributed by atoms with Crippen LogP contribution in [0.2, 0.25) is 0 Å². The van der Waals surface area contributed by atoms with Crippen molar-refractivity contribution in [2.75, 3.05) is 44.3 Å². The van der Waals surface area contributed by atoms with E-state index < -0.39 is 5.79 Å². The van der Waals surface area contributed by atoms with Crippen LogP contribution in [-0.2, 0) is 20.1 Å². The van der Waals surface area contributed by atoms with Crippen molar-refractivity contribution in [3.05, 3.63) is 48.0 Å². The lowest BCUT2D eigenvalue weighted by molar-refractivity contribution is -0.165. The number of phenols is 2. The van der Waals surface area contributed by atoms with Gasteiger partial charge in [-0.1, -0.05) is 0 Å². The molecule has 2 N–H and O–H groups in total. The Morgan fingerprint density at radius 1 is 1.13 bits per heavy atom.